The second-order valence-electron chi connectivity index (χ2n) is 10.7. The fraction of sp³-hybridized carbons (Fsp3) is 0.667. The molecular formula is C27H39N5O2S. The fourth-order valence-corrected chi connectivity index (χ4v) is 7.36. The summed E-state index contributed by atoms with van der Waals surface area (Å²) in [4.78, 5) is 31.0. The Morgan fingerprint density at radius 1 is 1.20 bits per heavy atom. The summed E-state index contributed by atoms with van der Waals surface area (Å²) in [5.74, 6) is 1.14. The van der Waals surface area contributed by atoms with Crippen molar-refractivity contribution in [2.24, 2.45) is 16.9 Å². The van der Waals surface area contributed by atoms with Crippen molar-refractivity contribution in [1.29, 1.82) is 0 Å². The SMILES string of the molecule is CCCN1C(=O)C2CCC(C(=O)NC3CCCC3)CC2N2C(SCc3cc(C)ccc3C)=NNC12. The Labute approximate surface area is 213 Å². The summed E-state index contributed by atoms with van der Waals surface area (Å²) in [5.41, 5.74) is 7.13. The summed E-state index contributed by atoms with van der Waals surface area (Å²) in [6, 6.07) is 6.92. The molecular weight excluding hydrogens is 458 g/mol. The molecule has 4 aliphatic rings. The van der Waals surface area contributed by atoms with E-state index in [0.29, 0.717) is 12.6 Å². The summed E-state index contributed by atoms with van der Waals surface area (Å²) in [6.45, 7) is 7.10. The molecule has 4 unspecified atom stereocenters. The highest BCUT2D eigenvalue weighted by atomic mass is 32.2. The van der Waals surface area contributed by atoms with Crippen LogP contribution in [-0.2, 0) is 15.3 Å². The van der Waals surface area contributed by atoms with Crippen molar-refractivity contribution in [1.82, 2.24) is 20.5 Å². The van der Waals surface area contributed by atoms with E-state index < -0.39 is 0 Å². The first-order valence-electron chi connectivity index (χ1n) is 13.4. The number of nitrogens with one attached hydrogen (secondary N) is 2. The monoisotopic (exact) mass is 497 g/mol. The Morgan fingerprint density at radius 3 is 2.77 bits per heavy atom. The Balaban J connectivity index is 1.34. The van der Waals surface area contributed by atoms with E-state index >= 15 is 0 Å². The first-order chi connectivity index (χ1) is 17.0. The lowest BCUT2D eigenvalue weighted by Crippen LogP contribution is -2.68. The number of aryl methyl sites for hydroxylation is 2. The van der Waals surface area contributed by atoms with Crippen molar-refractivity contribution in [2.45, 2.75) is 96.3 Å². The molecule has 8 heteroatoms. The number of thioether (sulfide) groups is 1. The van der Waals surface area contributed by atoms with Gasteiger partial charge in [0.2, 0.25) is 11.8 Å². The average molecular weight is 498 g/mol. The third kappa shape index (κ3) is 4.91. The molecule has 1 aromatic rings. The number of nitrogens with zero attached hydrogens (tertiary/aromatic N) is 3. The van der Waals surface area contributed by atoms with Crippen LogP contribution >= 0.6 is 11.8 Å². The lowest BCUT2D eigenvalue weighted by Gasteiger charge is -2.51. The molecule has 1 aromatic carbocycles. The zero-order valence-corrected chi connectivity index (χ0v) is 22.1. The Bertz CT molecular complexity index is 992. The summed E-state index contributed by atoms with van der Waals surface area (Å²) < 4.78 is 0. The van der Waals surface area contributed by atoms with E-state index in [0.717, 1.165) is 49.4 Å². The molecule has 1 saturated heterocycles. The number of amidine groups is 1. The molecule has 190 valence electrons. The van der Waals surface area contributed by atoms with Gasteiger partial charge in [0.15, 0.2) is 11.5 Å². The molecule has 3 fully saturated rings. The third-order valence-corrected chi connectivity index (χ3v) is 9.24. The maximum atomic E-state index is 13.5. The standard InChI is InChI=1S/C27H39N5O2S/c1-4-13-31-25(34)22-12-11-19(24(33)28-21-7-5-6-8-21)15-23(22)32-26(31)29-30-27(32)35-16-20-14-17(2)9-10-18(20)3/h9-10,14,19,21-23,26,29H,4-8,11-13,15-16H2,1-3H3,(H,28,33). The molecule has 0 bridgehead atoms. The number of rotatable bonds is 6. The maximum absolute atomic E-state index is 13.5. The zero-order valence-electron chi connectivity index (χ0n) is 21.3. The van der Waals surface area contributed by atoms with Crippen molar-refractivity contribution in [3.63, 3.8) is 0 Å². The molecule has 2 saturated carbocycles. The molecule has 5 rings (SSSR count). The summed E-state index contributed by atoms with van der Waals surface area (Å²) in [5, 5.41) is 8.97. The van der Waals surface area contributed by atoms with E-state index in [9.17, 15) is 9.59 Å². The number of hydrazone groups is 1. The topological polar surface area (TPSA) is 77.0 Å². The second-order valence-corrected chi connectivity index (χ2v) is 11.7. The number of fused-ring (bicyclic) bond motifs is 3. The van der Waals surface area contributed by atoms with Gasteiger partial charge in [-0.25, -0.2) is 0 Å². The van der Waals surface area contributed by atoms with Crippen LogP contribution in [-0.4, -0.2) is 51.7 Å². The van der Waals surface area contributed by atoms with Crippen LogP contribution in [0.25, 0.3) is 0 Å². The van der Waals surface area contributed by atoms with E-state index in [-0.39, 0.29) is 36.0 Å². The second kappa shape index (κ2) is 10.4. The predicted molar refractivity (Wildman–Crippen MR) is 140 cm³/mol. The van der Waals surface area contributed by atoms with Crippen LogP contribution in [0.3, 0.4) is 0 Å². The Morgan fingerprint density at radius 2 is 2.00 bits per heavy atom. The number of hydrogen-bond acceptors (Lipinski definition) is 6. The fourth-order valence-electron chi connectivity index (χ4n) is 6.26. The van der Waals surface area contributed by atoms with E-state index in [1.807, 2.05) is 4.90 Å². The minimum absolute atomic E-state index is 0.00791. The largest absolute Gasteiger partial charge is 0.353 e. The highest BCUT2D eigenvalue weighted by Crippen LogP contribution is 2.41. The molecule has 4 atom stereocenters. The third-order valence-electron chi connectivity index (χ3n) is 8.23. The summed E-state index contributed by atoms with van der Waals surface area (Å²) in [6.07, 6.45) is 7.55. The van der Waals surface area contributed by atoms with Gasteiger partial charge in [-0.1, -0.05) is 55.3 Å². The van der Waals surface area contributed by atoms with Gasteiger partial charge in [0, 0.05) is 30.3 Å². The van der Waals surface area contributed by atoms with Gasteiger partial charge in [0.05, 0.1) is 5.92 Å². The molecule has 2 amide bonds. The molecule has 0 spiro atoms. The van der Waals surface area contributed by atoms with Gasteiger partial charge in [-0.15, -0.1) is 0 Å². The molecule has 35 heavy (non-hydrogen) atoms. The van der Waals surface area contributed by atoms with Crippen molar-refractivity contribution in [3.8, 4) is 0 Å². The lowest BCUT2D eigenvalue weighted by molar-refractivity contribution is -0.157. The zero-order chi connectivity index (χ0) is 24.5. The van der Waals surface area contributed by atoms with Crippen molar-refractivity contribution in [2.75, 3.05) is 6.54 Å². The van der Waals surface area contributed by atoms with E-state index in [2.05, 4.69) is 54.6 Å². The molecule has 0 aromatic heterocycles. The first kappa shape index (κ1) is 24.5. The number of amides is 2. The number of hydrogen-bond donors (Lipinski definition) is 2. The quantitative estimate of drug-likeness (QED) is 0.619. The van der Waals surface area contributed by atoms with Crippen LogP contribution in [0, 0.1) is 25.7 Å². The van der Waals surface area contributed by atoms with Gasteiger partial charge in [0.1, 0.15) is 0 Å². The average Bonchev–Trinajstić information content (AvgIpc) is 3.52. The molecule has 2 aliphatic heterocycles. The molecule has 2 heterocycles. The minimum Gasteiger partial charge on any atom is -0.353 e. The first-order valence-corrected chi connectivity index (χ1v) is 14.4. The number of benzene rings is 1. The van der Waals surface area contributed by atoms with Gasteiger partial charge in [0.25, 0.3) is 0 Å². The van der Waals surface area contributed by atoms with Crippen LogP contribution in [0.1, 0.15) is 75.0 Å². The smallest absolute Gasteiger partial charge is 0.230 e. The van der Waals surface area contributed by atoms with Gasteiger partial charge in [-0.05, 0) is 63.5 Å². The van der Waals surface area contributed by atoms with E-state index in [1.165, 1.54) is 29.5 Å². The van der Waals surface area contributed by atoms with Gasteiger partial charge in [-0.2, -0.15) is 5.10 Å². The molecule has 2 aliphatic carbocycles. The van der Waals surface area contributed by atoms with E-state index in [1.54, 1.807) is 11.8 Å². The molecule has 2 N–H and O–H groups in total. The highest BCUT2D eigenvalue weighted by molar-refractivity contribution is 8.13. The highest BCUT2D eigenvalue weighted by Gasteiger charge is 2.52. The van der Waals surface area contributed by atoms with Gasteiger partial charge < -0.3 is 15.1 Å². The lowest BCUT2D eigenvalue weighted by atomic mass is 9.75. The Kier molecular flexibility index (Phi) is 7.28. The van der Waals surface area contributed by atoms with Gasteiger partial charge in [-0.3, -0.25) is 15.0 Å². The molecule has 7 nitrogen and oxygen atoms in total. The summed E-state index contributed by atoms with van der Waals surface area (Å²) in [7, 11) is 0. The van der Waals surface area contributed by atoms with Crippen molar-refractivity contribution >= 4 is 28.7 Å². The summed E-state index contributed by atoms with van der Waals surface area (Å²) >= 11 is 1.73. The van der Waals surface area contributed by atoms with Crippen LogP contribution in [0.5, 0.6) is 0 Å². The van der Waals surface area contributed by atoms with Crippen LogP contribution in [0.2, 0.25) is 0 Å². The molecule has 0 radical (unpaired) electrons. The van der Waals surface area contributed by atoms with Crippen molar-refractivity contribution < 1.29 is 9.59 Å². The number of carbonyl (C=O) groups is 2. The van der Waals surface area contributed by atoms with Crippen LogP contribution in [0.4, 0.5) is 0 Å². The normalized spacial score (nSPS) is 28.4. The van der Waals surface area contributed by atoms with Gasteiger partial charge >= 0.3 is 0 Å². The van der Waals surface area contributed by atoms with Crippen LogP contribution < -0.4 is 10.7 Å². The van der Waals surface area contributed by atoms with E-state index in [4.69, 9.17) is 5.10 Å². The number of carbonyl (C=O) groups excluding carboxylic acids is 2. The van der Waals surface area contributed by atoms with Crippen molar-refractivity contribution in [3.05, 3.63) is 34.9 Å². The minimum atomic E-state index is -0.249. The Hall–Kier alpha value is -2.22. The predicted octanol–water partition coefficient (Wildman–Crippen LogP) is 4.09. The van der Waals surface area contributed by atoms with Crippen LogP contribution in [0.15, 0.2) is 23.3 Å². The maximum Gasteiger partial charge on any atom is 0.230 e.